The molecule has 5 N–H and O–H groups in total. The van der Waals surface area contributed by atoms with Gasteiger partial charge in [-0.2, -0.15) is 0 Å². The number of nitrogens with zero attached hydrogens (tertiary/aromatic N) is 2. The van der Waals surface area contributed by atoms with Crippen LogP contribution in [0.3, 0.4) is 0 Å². The number of carbonyl (C=O) groups is 3. The first-order valence-electron chi connectivity index (χ1n) is 17.3. The van der Waals surface area contributed by atoms with Crippen LogP contribution in [-0.2, 0) is 27.3 Å². The lowest BCUT2D eigenvalue weighted by Crippen LogP contribution is -2.47. The van der Waals surface area contributed by atoms with E-state index in [1.165, 1.54) is 0 Å². The Labute approximate surface area is 293 Å². The number of nitrogens with one attached hydrogen (secondary N) is 2. The van der Waals surface area contributed by atoms with Gasteiger partial charge < -0.3 is 40.6 Å². The Kier molecular flexibility index (Phi) is 12.6. The number of benzene rings is 3. The summed E-state index contributed by atoms with van der Waals surface area (Å²) in [7, 11) is 2.03. The average molecular weight is 688 g/mol. The predicted molar refractivity (Wildman–Crippen MR) is 192 cm³/mol. The number of para-hydroxylation sites is 2. The molecular weight excluding hydrogens is 638 g/mol. The normalized spacial score (nSPS) is 17.6. The molecule has 0 saturated heterocycles. The molecule has 3 aromatic rings. The molecular formula is C38H49N5O7. The molecule has 0 spiro atoms. The van der Waals surface area contributed by atoms with Gasteiger partial charge in [-0.25, -0.2) is 0 Å². The van der Waals surface area contributed by atoms with E-state index in [1.54, 1.807) is 29.2 Å². The van der Waals surface area contributed by atoms with Crippen LogP contribution in [0.2, 0.25) is 0 Å². The summed E-state index contributed by atoms with van der Waals surface area (Å²) in [6.07, 6.45) is 2.46. The zero-order valence-electron chi connectivity index (χ0n) is 29.2. The Bertz CT molecular complexity index is 1650. The van der Waals surface area contributed by atoms with Gasteiger partial charge in [0.15, 0.2) is 11.5 Å². The van der Waals surface area contributed by atoms with Gasteiger partial charge in [-0.3, -0.25) is 19.3 Å². The van der Waals surface area contributed by atoms with Gasteiger partial charge in [0.2, 0.25) is 24.5 Å². The second kappa shape index (κ2) is 17.2. The number of ether oxygens (including phenoxy) is 3. The molecule has 12 nitrogen and oxygen atoms in total. The molecule has 3 aromatic carbocycles. The molecule has 3 atom stereocenters. The van der Waals surface area contributed by atoms with Crippen molar-refractivity contribution in [1.29, 1.82) is 0 Å². The van der Waals surface area contributed by atoms with E-state index in [1.807, 2.05) is 50.4 Å². The molecule has 268 valence electrons. The molecule has 2 aliphatic rings. The Hall–Kier alpha value is -4.81. The van der Waals surface area contributed by atoms with Crippen molar-refractivity contribution in [3.63, 3.8) is 0 Å². The van der Waals surface area contributed by atoms with Crippen LogP contribution in [0.5, 0.6) is 17.2 Å². The van der Waals surface area contributed by atoms with Crippen molar-refractivity contribution in [3.05, 3.63) is 71.8 Å². The topological polar surface area (TPSA) is 156 Å². The van der Waals surface area contributed by atoms with E-state index >= 15 is 0 Å². The van der Waals surface area contributed by atoms with Gasteiger partial charge in [0.25, 0.3) is 0 Å². The van der Waals surface area contributed by atoms with Gasteiger partial charge in [-0.1, -0.05) is 31.5 Å². The fourth-order valence-electron chi connectivity index (χ4n) is 6.24. The molecule has 0 unspecified atom stereocenters. The zero-order chi connectivity index (χ0) is 35.6. The minimum Gasteiger partial charge on any atom is -0.488 e. The lowest BCUT2D eigenvalue weighted by atomic mass is 10.0. The third-order valence-corrected chi connectivity index (χ3v) is 9.12. The lowest BCUT2D eigenvalue weighted by molar-refractivity contribution is -0.134. The molecule has 2 heterocycles. The highest BCUT2D eigenvalue weighted by atomic mass is 16.7. The van der Waals surface area contributed by atoms with Crippen LogP contribution in [0.15, 0.2) is 60.7 Å². The van der Waals surface area contributed by atoms with Crippen LogP contribution < -0.4 is 30.6 Å². The van der Waals surface area contributed by atoms with E-state index in [0.29, 0.717) is 73.7 Å². The van der Waals surface area contributed by atoms with Gasteiger partial charge in [-0.15, -0.1) is 0 Å². The minimum absolute atomic E-state index is 0.0416. The maximum Gasteiger partial charge on any atom is 0.231 e. The summed E-state index contributed by atoms with van der Waals surface area (Å²) < 4.78 is 17.7. The fourth-order valence-corrected chi connectivity index (χ4v) is 6.24. The molecule has 0 fully saturated rings. The van der Waals surface area contributed by atoms with Crippen molar-refractivity contribution < 1.29 is 33.7 Å². The van der Waals surface area contributed by atoms with E-state index in [4.69, 9.17) is 19.9 Å². The fraction of sp³-hybridized carbons (Fsp3) is 0.447. The maximum atomic E-state index is 13.6. The Balaban J connectivity index is 1.19. The molecule has 5 rings (SSSR count). The van der Waals surface area contributed by atoms with Gasteiger partial charge >= 0.3 is 0 Å². The monoisotopic (exact) mass is 687 g/mol. The second-order valence-electron chi connectivity index (χ2n) is 13.3. The van der Waals surface area contributed by atoms with Crippen molar-refractivity contribution >= 4 is 34.8 Å². The van der Waals surface area contributed by atoms with Crippen molar-refractivity contribution in [2.24, 2.45) is 5.92 Å². The maximum absolute atomic E-state index is 13.6. The van der Waals surface area contributed by atoms with Crippen LogP contribution in [0.1, 0.15) is 57.1 Å². The third kappa shape index (κ3) is 9.88. The van der Waals surface area contributed by atoms with Gasteiger partial charge in [0, 0.05) is 49.6 Å². The summed E-state index contributed by atoms with van der Waals surface area (Å²) >= 11 is 0. The van der Waals surface area contributed by atoms with Crippen LogP contribution in [0, 0.1) is 5.92 Å². The number of unbranched alkanes of at least 4 members (excludes halogenated alkanes) is 2. The van der Waals surface area contributed by atoms with Gasteiger partial charge in [0.1, 0.15) is 11.9 Å². The second-order valence-corrected chi connectivity index (χ2v) is 13.3. The number of amides is 3. The number of hydrogen-bond acceptors (Lipinski definition) is 9. The number of carbonyl (C=O) groups excluding carboxylic acids is 3. The number of hydrogen-bond donors (Lipinski definition) is 4. The van der Waals surface area contributed by atoms with Crippen molar-refractivity contribution in [2.45, 2.75) is 71.1 Å². The first kappa shape index (κ1) is 36.5. The van der Waals surface area contributed by atoms with Crippen molar-refractivity contribution in [2.75, 3.05) is 49.9 Å². The molecule has 0 radical (unpaired) electrons. The highest BCUT2D eigenvalue weighted by Gasteiger charge is 2.31. The van der Waals surface area contributed by atoms with Crippen LogP contribution in [-0.4, -0.2) is 78.3 Å². The van der Waals surface area contributed by atoms with E-state index < -0.39 is 0 Å². The zero-order valence-corrected chi connectivity index (χ0v) is 29.2. The highest BCUT2D eigenvalue weighted by molar-refractivity contribution is 5.94. The first-order chi connectivity index (χ1) is 24.1. The first-order valence-corrected chi connectivity index (χ1v) is 17.3. The molecule has 0 bridgehead atoms. The van der Waals surface area contributed by atoms with Gasteiger partial charge in [-0.05, 0) is 74.8 Å². The quantitative estimate of drug-likeness (QED) is 0.138. The summed E-state index contributed by atoms with van der Waals surface area (Å²) in [6.45, 7) is 5.66. The number of fused-ring (bicyclic) bond motifs is 2. The molecule has 3 amide bonds. The number of anilines is 3. The van der Waals surface area contributed by atoms with Crippen LogP contribution in [0.25, 0.3) is 0 Å². The smallest absolute Gasteiger partial charge is 0.231 e. The summed E-state index contributed by atoms with van der Waals surface area (Å²) in [4.78, 5) is 42.6. The third-order valence-electron chi connectivity index (χ3n) is 9.12. The van der Waals surface area contributed by atoms with E-state index in [9.17, 15) is 19.5 Å². The summed E-state index contributed by atoms with van der Waals surface area (Å²) in [5.41, 5.74) is 9.34. The lowest BCUT2D eigenvalue weighted by Gasteiger charge is -2.34. The van der Waals surface area contributed by atoms with Crippen molar-refractivity contribution in [3.8, 4) is 17.2 Å². The summed E-state index contributed by atoms with van der Waals surface area (Å²) in [5, 5.41) is 15.8. The number of likely N-dealkylation sites (N-methyl/N-ethyl adjacent to an activating group) is 1. The molecule has 0 aliphatic carbocycles. The van der Waals surface area contributed by atoms with E-state index in [2.05, 4.69) is 22.5 Å². The van der Waals surface area contributed by atoms with Crippen molar-refractivity contribution in [1.82, 2.24) is 9.80 Å². The molecule has 0 saturated carbocycles. The average Bonchev–Trinajstić information content (AvgIpc) is 3.57. The number of aliphatic hydroxyl groups excluding tert-OH is 1. The molecule has 0 aromatic heterocycles. The van der Waals surface area contributed by atoms with Gasteiger partial charge in [0.05, 0.1) is 30.4 Å². The summed E-state index contributed by atoms with van der Waals surface area (Å²) in [5.74, 6) is 1.67. The minimum atomic E-state index is -0.357. The van der Waals surface area contributed by atoms with Crippen LogP contribution in [0.4, 0.5) is 17.1 Å². The Morgan fingerprint density at radius 3 is 2.46 bits per heavy atom. The number of aliphatic hydroxyl groups is 1. The SMILES string of the molecule is C[C@H](CO)N1C[C@H](C)[C@@H](CN(C)Cc2ccc3c(c2)OCO3)Oc2ccc(NC(=O)CCCCCC(=O)Nc3ccccc3N)cc2CC1=O. The van der Waals surface area contributed by atoms with Crippen LogP contribution >= 0.6 is 0 Å². The standard InChI is InChI=1S/C38H49N5O7/c1-25-20-43(26(2)23-44)38(47)19-28-18-29(40-36(45)11-5-4-6-12-37(46)41-31-10-8-7-9-30(31)39)14-16-32(28)50-35(25)22-42(3)21-27-13-15-33-34(17-27)49-24-48-33/h7-10,13-18,25-26,35,44H,4-6,11-12,19-24,39H2,1-3H3,(H,40,45)(H,41,46)/t25-,26+,35+/m0/s1. The Morgan fingerprint density at radius 2 is 1.70 bits per heavy atom. The molecule has 12 heteroatoms. The number of rotatable bonds is 14. The Morgan fingerprint density at radius 1 is 0.980 bits per heavy atom. The number of nitrogens with two attached hydrogens (primary N) is 1. The van der Waals surface area contributed by atoms with E-state index in [-0.39, 0.29) is 55.6 Å². The summed E-state index contributed by atoms with van der Waals surface area (Å²) in [6, 6.07) is 18.1. The molecule has 2 aliphatic heterocycles. The largest absolute Gasteiger partial charge is 0.488 e. The van der Waals surface area contributed by atoms with E-state index in [0.717, 1.165) is 23.5 Å². The predicted octanol–water partition coefficient (Wildman–Crippen LogP) is 4.81. The number of nitrogen functional groups attached to an aromatic ring is 1. The molecule has 50 heavy (non-hydrogen) atoms. The highest BCUT2D eigenvalue weighted by Crippen LogP contribution is 2.33.